The smallest absolute Gasteiger partial charge is 0.333 e. The number of ether oxygens (including phenoxy) is 2. The van der Waals surface area contributed by atoms with E-state index in [1.54, 1.807) is 13.8 Å². The molecule has 8 unspecified atom stereocenters. The van der Waals surface area contributed by atoms with Crippen LogP contribution in [0.2, 0.25) is 0 Å². The van der Waals surface area contributed by atoms with Crippen LogP contribution >= 0.6 is 0 Å². The third-order valence-corrected chi connectivity index (χ3v) is 8.39. The van der Waals surface area contributed by atoms with Gasteiger partial charge >= 0.3 is 11.9 Å². The number of carbonyl (C=O) groups excluding carboxylic acids is 2. The molecule has 8 atom stereocenters. The van der Waals surface area contributed by atoms with Crippen LogP contribution < -0.4 is 0 Å². The zero-order chi connectivity index (χ0) is 25.7. The zero-order valence-corrected chi connectivity index (χ0v) is 21.7. The molecule has 0 heterocycles. The van der Waals surface area contributed by atoms with E-state index in [1.807, 2.05) is 12.2 Å². The Kier molecular flexibility index (Phi) is 8.66. The molecule has 0 aliphatic heterocycles. The van der Waals surface area contributed by atoms with Gasteiger partial charge in [-0.15, -0.1) is 0 Å². The summed E-state index contributed by atoms with van der Waals surface area (Å²) in [6.07, 6.45) is 27.6. The van der Waals surface area contributed by atoms with E-state index in [2.05, 4.69) is 61.8 Å². The van der Waals surface area contributed by atoms with Crippen LogP contribution in [0.3, 0.4) is 0 Å². The average molecular weight is 489 g/mol. The molecule has 2 fully saturated rings. The Morgan fingerprint density at radius 3 is 1.64 bits per heavy atom. The quantitative estimate of drug-likeness (QED) is 0.199. The van der Waals surface area contributed by atoms with Crippen molar-refractivity contribution in [2.45, 2.75) is 39.5 Å². The highest BCUT2D eigenvalue weighted by atomic mass is 16.5. The van der Waals surface area contributed by atoms with E-state index < -0.39 is 0 Å². The third kappa shape index (κ3) is 6.08. The van der Waals surface area contributed by atoms with Crippen molar-refractivity contribution in [3.05, 3.63) is 85.1 Å². The molecule has 0 aromatic rings. The highest BCUT2D eigenvalue weighted by Gasteiger charge is 2.43. The molecule has 0 bridgehead atoms. The molecule has 36 heavy (non-hydrogen) atoms. The second-order valence-corrected chi connectivity index (χ2v) is 10.9. The van der Waals surface area contributed by atoms with Gasteiger partial charge in [0.2, 0.25) is 0 Å². The molecule has 4 nitrogen and oxygen atoms in total. The summed E-state index contributed by atoms with van der Waals surface area (Å²) in [4.78, 5) is 23.2. The van der Waals surface area contributed by atoms with Gasteiger partial charge in [0.05, 0.1) is 0 Å². The van der Waals surface area contributed by atoms with Crippen molar-refractivity contribution in [2.75, 3.05) is 13.2 Å². The maximum absolute atomic E-state index is 11.6. The fourth-order valence-electron chi connectivity index (χ4n) is 6.62. The molecule has 4 rings (SSSR count). The van der Waals surface area contributed by atoms with Gasteiger partial charge in [-0.25, -0.2) is 9.59 Å². The van der Waals surface area contributed by atoms with Gasteiger partial charge in [0.15, 0.2) is 0 Å². The summed E-state index contributed by atoms with van der Waals surface area (Å²) in [5, 5.41) is 0. The van der Waals surface area contributed by atoms with E-state index in [1.165, 1.54) is 0 Å². The Morgan fingerprint density at radius 1 is 0.722 bits per heavy atom. The summed E-state index contributed by atoms with van der Waals surface area (Å²) in [6.45, 7) is 11.2. The molecule has 0 radical (unpaired) electrons. The lowest BCUT2D eigenvalue weighted by atomic mass is 9.87. The van der Waals surface area contributed by atoms with E-state index in [9.17, 15) is 9.59 Å². The normalized spacial score (nSPS) is 34.6. The molecule has 4 aliphatic carbocycles. The fraction of sp³-hybridized carbons (Fsp3) is 0.500. The molecular weight excluding hydrogens is 448 g/mol. The predicted molar refractivity (Wildman–Crippen MR) is 144 cm³/mol. The van der Waals surface area contributed by atoms with Gasteiger partial charge in [-0.1, -0.05) is 73.9 Å². The minimum absolute atomic E-state index is 0.308. The number of hydrogen-bond donors (Lipinski definition) is 0. The van der Waals surface area contributed by atoms with Crippen LogP contribution in [0.5, 0.6) is 0 Å². The maximum atomic E-state index is 11.6. The van der Waals surface area contributed by atoms with E-state index in [4.69, 9.17) is 9.47 Å². The van der Waals surface area contributed by atoms with Crippen molar-refractivity contribution >= 4 is 11.9 Å². The van der Waals surface area contributed by atoms with Gasteiger partial charge in [0.25, 0.3) is 0 Å². The largest absolute Gasteiger partial charge is 0.458 e. The Hall–Kier alpha value is -2.88. The van der Waals surface area contributed by atoms with Crippen LogP contribution in [0.4, 0.5) is 0 Å². The Labute approximate surface area is 216 Å². The van der Waals surface area contributed by atoms with E-state index in [0.717, 1.165) is 25.7 Å². The van der Waals surface area contributed by atoms with Gasteiger partial charge in [-0.05, 0) is 86.9 Å². The van der Waals surface area contributed by atoms with Gasteiger partial charge in [-0.3, -0.25) is 0 Å². The molecule has 4 aliphatic rings. The second kappa shape index (κ2) is 11.9. The zero-order valence-electron chi connectivity index (χ0n) is 21.7. The van der Waals surface area contributed by atoms with Crippen LogP contribution in [0.1, 0.15) is 39.5 Å². The summed E-state index contributed by atoms with van der Waals surface area (Å²) in [5.41, 5.74) is 0.869. The second-order valence-electron chi connectivity index (χ2n) is 10.9. The van der Waals surface area contributed by atoms with Crippen LogP contribution in [0.15, 0.2) is 85.1 Å². The minimum atomic E-state index is -0.331. The van der Waals surface area contributed by atoms with E-state index in [0.29, 0.717) is 71.7 Å². The Morgan fingerprint density at radius 2 is 1.14 bits per heavy atom. The number of hydrogen-bond acceptors (Lipinski definition) is 4. The van der Waals surface area contributed by atoms with Gasteiger partial charge in [0, 0.05) is 11.1 Å². The standard InChI is InChI=1S/C32H40O4/c1-21(2)31(33)35-17-7-9-23-19-25(29-13-5-11-27(23)29)15-16-26-20-24(28-12-6-14-30(26)28)10-8-18-36-32(34)22(3)4/h5-11,14-16,23-30H,1,3,12-13,17-20H2,2,4H3. The highest BCUT2D eigenvalue weighted by molar-refractivity contribution is 5.87. The number of esters is 2. The lowest BCUT2D eigenvalue weighted by molar-refractivity contribution is -0.138. The molecule has 0 saturated heterocycles. The van der Waals surface area contributed by atoms with Crippen molar-refractivity contribution in [3.8, 4) is 0 Å². The molecule has 0 N–H and O–H groups in total. The lowest BCUT2D eigenvalue weighted by Gasteiger charge is -2.17. The van der Waals surface area contributed by atoms with Gasteiger partial charge in [-0.2, -0.15) is 0 Å². The van der Waals surface area contributed by atoms with Crippen molar-refractivity contribution in [1.82, 2.24) is 0 Å². The van der Waals surface area contributed by atoms with Crippen molar-refractivity contribution in [3.63, 3.8) is 0 Å². The molecule has 0 spiro atoms. The summed E-state index contributed by atoms with van der Waals surface area (Å²) in [7, 11) is 0. The van der Waals surface area contributed by atoms with Gasteiger partial charge in [0.1, 0.15) is 13.2 Å². The van der Waals surface area contributed by atoms with Crippen LogP contribution in [-0.4, -0.2) is 25.2 Å². The minimum Gasteiger partial charge on any atom is -0.458 e. The Balaban J connectivity index is 1.32. The summed E-state index contributed by atoms with van der Waals surface area (Å²) in [5.74, 6) is 3.99. The first-order valence-electron chi connectivity index (χ1n) is 13.4. The van der Waals surface area contributed by atoms with Crippen molar-refractivity contribution in [2.24, 2.45) is 47.3 Å². The first-order valence-corrected chi connectivity index (χ1v) is 13.4. The SMILES string of the molecule is C=C(C)C(=O)OCC=CC1CC(C=CC2CC(C=CCOC(=O)C(=C)C)C3CC=CC23)C2CC=CC12. The van der Waals surface area contributed by atoms with Gasteiger partial charge < -0.3 is 9.47 Å². The molecule has 0 aromatic heterocycles. The first kappa shape index (κ1) is 26.2. The predicted octanol–water partition coefficient (Wildman–Crippen LogP) is 6.55. The number of allylic oxidation sites excluding steroid dienone is 8. The summed E-state index contributed by atoms with van der Waals surface area (Å²) >= 11 is 0. The number of rotatable bonds is 10. The highest BCUT2D eigenvalue weighted by Crippen LogP contribution is 2.51. The van der Waals surface area contributed by atoms with Crippen molar-refractivity contribution < 1.29 is 19.1 Å². The van der Waals surface area contributed by atoms with Crippen LogP contribution in [0, 0.1) is 47.3 Å². The van der Waals surface area contributed by atoms with E-state index in [-0.39, 0.29) is 11.9 Å². The molecule has 0 amide bonds. The van der Waals surface area contributed by atoms with Crippen LogP contribution in [-0.2, 0) is 19.1 Å². The molecule has 4 heteroatoms. The summed E-state index contributed by atoms with van der Waals surface area (Å²) < 4.78 is 10.5. The molecule has 2 saturated carbocycles. The lowest BCUT2D eigenvalue weighted by Crippen LogP contribution is -2.11. The first-order chi connectivity index (χ1) is 17.3. The topological polar surface area (TPSA) is 52.6 Å². The Bertz CT molecular complexity index is 1010. The fourth-order valence-corrected chi connectivity index (χ4v) is 6.62. The maximum Gasteiger partial charge on any atom is 0.333 e. The number of carbonyl (C=O) groups is 2. The van der Waals surface area contributed by atoms with Crippen molar-refractivity contribution in [1.29, 1.82) is 0 Å². The average Bonchev–Trinajstić information content (AvgIpc) is 3.62. The summed E-state index contributed by atoms with van der Waals surface area (Å²) in [6, 6.07) is 0. The van der Waals surface area contributed by atoms with Crippen LogP contribution in [0.25, 0.3) is 0 Å². The van der Waals surface area contributed by atoms with E-state index >= 15 is 0 Å². The third-order valence-electron chi connectivity index (χ3n) is 8.39. The molecule has 192 valence electrons. The molecular formula is C32H40O4. The number of fused-ring (bicyclic) bond motifs is 2. The molecule has 0 aromatic carbocycles. The monoisotopic (exact) mass is 488 g/mol.